The highest BCUT2D eigenvalue weighted by Crippen LogP contribution is 2.47. The minimum Gasteiger partial charge on any atom is -0.390 e. The van der Waals surface area contributed by atoms with Gasteiger partial charge in [0.05, 0.1) is 5.60 Å². The van der Waals surface area contributed by atoms with Crippen LogP contribution in [-0.4, -0.2) is 10.7 Å². The Balaban J connectivity index is 1.90. The van der Waals surface area contributed by atoms with Gasteiger partial charge in [-0.05, 0) is 37.5 Å². The fourth-order valence-corrected chi connectivity index (χ4v) is 3.12. The molecule has 0 amide bonds. The summed E-state index contributed by atoms with van der Waals surface area (Å²) < 4.78 is 0. The lowest BCUT2D eigenvalue weighted by atomic mass is 9.62. The van der Waals surface area contributed by atoms with Gasteiger partial charge in [-0.2, -0.15) is 0 Å². The van der Waals surface area contributed by atoms with E-state index in [0.717, 1.165) is 18.8 Å². The molecule has 2 fully saturated rings. The maximum absolute atomic E-state index is 10.2. The van der Waals surface area contributed by atoms with Crippen LogP contribution in [0.15, 0.2) is 0 Å². The maximum Gasteiger partial charge on any atom is 0.0680 e. The van der Waals surface area contributed by atoms with Crippen molar-refractivity contribution in [1.29, 1.82) is 0 Å². The van der Waals surface area contributed by atoms with Gasteiger partial charge < -0.3 is 5.11 Å². The number of hydrogen-bond acceptors (Lipinski definition) is 1. The van der Waals surface area contributed by atoms with Gasteiger partial charge in [-0.25, -0.2) is 0 Å². The lowest BCUT2D eigenvalue weighted by molar-refractivity contribution is -0.121. The highest BCUT2D eigenvalue weighted by Gasteiger charge is 2.46. The number of rotatable bonds is 1. The van der Waals surface area contributed by atoms with Gasteiger partial charge in [-0.15, -0.1) is 0 Å². The molecule has 1 heteroatoms. The zero-order valence-electron chi connectivity index (χ0n) is 8.05. The van der Waals surface area contributed by atoms with Crippen LogP contribution in [0.1, 0.15) is 51.9 Å². The van der Waals surface area contributed by atoms with Gasteiger partial charge >= 0.3 is 0 Å². The van der Waals surface area contributed by atoms with Crippen LogP contribution >= 0.6 is 0 Å². The van der Waals surface area contributed by atoms with Crippen LogP contribution < -0.4 is 0 Å². The fourth-order valence-electron chi connectivity index (χ4n) is 3.12. The molecule has 0 aliphatic heterocycles. The van der Waals surface area contributed by atoms with Crippen molar-refractivity contribution in [3.8, 4) is 0 Å². The van der Waals surface area contributed by atoms with Crippen LogP contribution in [0, 0.1) is 11.8 Å². The Labute approximate surface area is 75.2 Å². The molecule has 2 saturated carbocycles. The third-order valence-corrected chi connectivity index (χ3v) is 3.77. The van der Waals surface area contributed by atoms with Gasteiger partial charge in [0.15, 0.2) is 0 Å². The van der Waals surface area contributed by atoms with Crippen LogP contribution in [0.3, 0.4) is 0 Å². The van der Waals surface area contributed by atoms with Gasteiger partial charge in [0.2, 0.25) is 0 Å². The molecule has 0 saturated heterocycles. The van der Waals surface area contributed by atoms with E-state index in [4.69, 9.17) is 0 Å². The minimum absolute atomic E-state index is 0.236. The first-order valence-electron chi connectivity index (χ1n) is 5.43. The summed E-state index contributed by atoms with van der Waals surface area (Å²) in [6.45, 7) is 2.25. The summed E-state index contributed by atoms with van der Waals surface area (Å²) in [5, 5.41) is 10.2. The third kappa shape index (κ3) is 1.39. The topological polar surface area (TPSA) is 20.2 Å². The van der Waals surface area contributed by atoms with Crippen LogP contribution in [0.2, 0.25) is 0 Å². The summed E-state index contributed by atoms with van der Waals surface area (Å²) in [6.07, 6.45) is 8.78. The summed E-state index contributed by atoms with van der Waals surface area (Å²) in [4.78, 5) is 0. The first-order chi connectivity index (χ1) is 5.71. The van der Waals surface area contributed by atoms with E-state index in [-0.39, 0.29) is 5.60 Å². The molecule has 70 valence electrons. The van der Waals surface area contributed by atoms with E-state index in [9.17, 15) is 5.11 Å². The van der Waals surface area contributed by atoms with E-state index in [1.54, 1.807) is 0 Å². The molecule has 0 aromatic carbocycles. The molecule has 0 bridgehead atoms. The van der Waals surface area contributed by atoms with E-state index in [0.29, 0.717) is 5.92 Å². The molecule has 0 aromatic rings. The van der Waals surface area contributed by atoms with Crippen LogP contribution in [-0.2, 0) is 0 Å². The Hall–Kier alpha value is -0.0400. The van der Waals surface area contributed by atoms with E-state index in [1.165, 1.54) is 32.1 Å². The molecule has 2 aliphatic rings. The van der Waals surface area contributed by atoms with Crippen molar-refractivity contribution in [2.24, 2.45) is 11.8 Å². The Bertz CT molecular complexity index is 152. The van der Waals surface area contributed by atoms with Crippen molar-refractivity contribution in [3.63, 3.8) is 0 Å². The van der Waals surface area contributed by atoms with Gasteiger partial charge in [0, 0.05) is 0 Å². The lowest BCUT2D eigenvalue weighted by Crippen LogP contribution is -2.49. The van der Waals surface area contributed by atoms with Crippen molar-refractivity contribution in [2.75, 3.05) is 0 Å². The average Bonchev–Trinajstić information content (AvgIpc) is 2.04. The molecular weight excluding hydrogens is 148 g/mol. The Morgan fingerprint density at radius 1 is 1.08 bits per heavy atom. The second-order valence-electron chi connectivity index (χ2n) is 4.95. The van der Waals surface area contributed by atoms with Crippen molar-refractivity contribution < 1.29 is 5.11 Å². The van der Waals surface area contributed by atoms with Crippen LogP contribution in [0.25, 0.3) is 0 Å². The second kappa shape index (κ2) is 3.02. The Morgan fingerprint density at radius 2 is 1.67 bits per heavy atom. The van der Waals surface area contributed by atoms with Gasteiger partial charge in [0.1, 0.15) is 0 Å². The Morgan fingerprint density at radius 3 is 2.17 bits per heavy atom. The maximum atomic E-state index is 10.2. The number of hydrogen-bond donors (Lipinski definition) is 1. The summed E-state index contributed by atoms with van der Waals surface area (Å²) in [6, 6.07) is 0. The van der Waals surface area contributed by atoms with Gasteiger partial charge in [0.25, 0.3) is 0 Å². The molecule has 12 heavy (non-hydrogen) atoms. The lowest BCUT2D eigenvalue weighted by Gasteiger charge is -2.48. The molecule has 2 aliphatic carbocycles. The SMILES string of the molecule is CC1CC(O)(C2CCCCC2)C1. The standard InChI is InChI=1S/C11H20O/c1-9-7-11(12,8-9)10-5-3-2-4-6-10/h9-10,12H,2-8H2,1H3. The molecule has 0 unspecified atom stereocenters. The number of aliphatic hydroxyl groups is 1. The first kappa shape index (κ1) is 8.55. The summed E-state index contributed by atoms with van der Waals surface area (Å²) >= 11 is 0. The van der Waals surface area contributed by atoms with E-state index < -0.39 is 0 Å². The van der Waals surface area contributed by atoms with Crippen LogP contribution in [0.5, 0.6) is 0 Å². The van der Waals surface area contributed by atoms with Crippen molar-refractivity contribution in [3.05, 3.63) is 0 Å². The molecule has 0 spiro atoms. The fraction of sp³-hybridized carbons (Fsp3) is 1.00. The summed E-state index contributed by atoms with van der Waals surface area (Å²) in [5.41, 5.74) is -0.236. The molecule has 0 aromatic heterocycles. The van der Waals surface area contributed by atoms with Crippen LogP contribution in [0.4, 0.5) is 0 Å². The highest BCUT2D eigenvalue weighted by molar-refractivity contribution is 4.97. The summed E-state index contributed by atoms with van der Waals surface area (Å²) in [5.74, 6) is 1.42. The zero-order valence-corrected chi connectivity index (χ0v) is 8.05. The van der Waals surface area contributed by atoms with E-state index >= 15 is 0 Å². The van der Waals surface area contributed by atoms with Crippen molar-refractivity contribution in [1.82, 2.24) is 0 Å². The predicted molar refractivity (Wildman–Crippen MR) is 49.9 cm³/mol. The zero-order chi connectivity index (χ0) is 8.60. The van der Waals surface area contributed by atoms with Crippen molar-refractivity contribution in [2.45, 2.75) is 57.5 Å². The Kier molecular flexibility index (Phi) is 2.16. The summed E-state index contributed by atoms with van der Waals surface area (Å²) in [7, 11) is 0. The molecule has 0 atom stereocenters. The molecule has 0 heterocycles. The highest BCUT2D eigenvalue weighted by atomic mass is 16.3. The van der Waals surface area contributed by atoms with Crippen molar-refractivity contribution >= 4 is 0 Å². The minimum atomic E-state index is -0.236. The average molecular weight is 168 g/mol. The smallest absolute Gasteiger partial charge is 0.0680 e. The molecular formula is C11H20O. The molecule has 1 nitrogen and oxygen atoms in total. The quantitative estimate of drug-likeness (QED) is 0.638. The van der Waals surface area contributed by atoms with E-state index in [1.807, 2.05) is 0 Å². The third-order valence-electron chi connectivity index (χ3n) is 3.77. The van der Waals surface area contributed by atoms with Gasteiger partial charge in [-0.1, -0.05) is 26.2 Å². The second-order valence-corrected chi connectivity index (χ2v) is 4.95. The predicted octanol–water partition coefficient (Wildman–Crippen LogP) is 2.73. The van der Waals surface area contributed by atoms with E-state index in [2.05, 4.69) is 6.92 Å². The molecule has 2 rings (SSSR count). The normalized spacial score (nSPS) is 44.0. The van der Waals surface area contributed by atoms with Gasteiger partial charge in [-0.3, -0.25) is 0 Å². The monoisotopic (exact) mass is 168 g/mol. The molecule has 0 radical (unpaired) electrons. The molecule has 1 N–H and O–H groups in total. The first-order valence-corrected chi connectivity index (χ1v) is 5.43. The largest absolute Gasteiger partial charge is 0.390 e.